The highest BCUT2D eigenvalue weighted by molar-refractivity contribution is 7.95. The summed E-state index contributed by atoms with van der Waals surface area (Å²) in [4.78, 5) is 4.85. The van der Waals surface area contributed by atoms with Crippen LogP contribution in [-0.4, -0.2) is 25.6 Å². The molecule has 0 aliphatic rings. The summed E-state index contributed by atoms with van der Waals surface area (Å²) in [7, 11) is -4.95. The summed E-state index contributed by atoms with van der Waals surface area (Å²) in [5, 5.41) is 9.88. The van der Waals surface area contributed by atoms with E-state index in [1.807, 2.05) is 0 Å². The Kier molecular flexibility index (Phi) is 10.9. The summed E-state index contributed by atoms with van der Waals surface area (Å²) in [6, 6.07) is 55.7. The molecule has 0 saturated carbocycles. The van der Waals surface area contributed by atoms with Gasteiger partial charge in [0.1, 0.15) is 23.2 Å². The average molecular weight is 697 g/mol. The summed E-state index contributed by atoms with van der Waals surface area (Å²) in [5.41, 5.74) is 2.22. The maximum absolute atomic E-state index is 7.98. The number of benzene rings is 5. The van der Waals surface area contributed by atoms with Crippen LogP contribution in [0.4, 0.5) is 0 Å². The highest BCUT2D eigenvalue weighted by Gasteiger charge is 2.52. The quantitative estimate of drug-likeness (QED) is 0.0941. The minimum absolute atomic E-state index is 0.135. The topological polar surface area (TPSA) is 22.1 Å². The highest BCUT2D eigenvalue weighted by Crippen LogP contribution is 2.56. The number of aryl methyl sites for hydroxylation is 1. The molecule has 0 unspecified atom stereocenters. The van der Waals surface area contributed by atoms with Crippen molar-refractivity contribution in [3.63, 3.8) is 0 Å². The standard InChI is InChI=1S/C44H47NOPSSi/c1-35(33-37-34-48-36(2)45-37)43(46-49(44(3,4)5,41-27-17-9-18-28-41)42-29-19-10-20-30-42)31-32-47(38-21-11-6-12-22-38,39-23-13-7-14-24-39)40-25-15-8-16-26-40/h6-30,33-34,43H,31-32H2,1-5H3/q+1/b35-33+/t43-/m1/s1. The number of nitrogens with zero attached hydrogens (tertiary/aromatic N) is 1. The first-order chi connectivity index (χ1) is 23.7. The molecule has 0 saturated heterocycles. The van der Waals surface area contributed by atoms with Crippen LogP contribution in [0.15, 0.2) is 163 Å². The van der Waals surface area contributed by atoms with Crippen LogP contribution in [0.25, 0.3) is 6.08 Å². The van der Waals surface area contributed by atoms with Gasteiger partial charge in [-0.25, -0.2) is 4.98 Å². The first kappa shape index (κ1) is 34.9. The van der Waals surface area contributed by atoms with Crippen molar-refractivity contribution in [3.05, 3.63) is 173 Å². The van der Waals surface area contributed by atoms with E-state index in [4.69, 9.17) is 9.41 Å². The zero-order valence-electron chi connectivity index (χ0n) is 29.3. The molecule has 2 nitrogen and oxygen atoms in total. The lowest BCUT2D eigenvalue weighted by Gasteiger charge is -2.45. The summed E-state index contributed by atoms with van der Waals surface area (Å²) >= 11 is 1.70. The van der Waals surface area contributed by atoms with Crippen LogP contribution in [0, 0.1) is 6.92 Å². The second kappa shape index (κ2) is 15.3. The minimum Gasteiger partial charge on any atom is -0.401 e. The van der Waals surface area contributed by atoms with Gasteiger partial charge < -0.3 is 4.43 Å². The van der Waals surface area contributed by atoms with E-state index < -0.39 is 15.6 Å². The number of hydrogen-bond acceptors (Lipinski definition) is 3. The number of aromatic nitrogens is 1. The van der Waals surface area contributed by atoms with Crippen molar-refractivity contribution < 1.29 is 4.43 Å². The molecule has 0 fully saturated rings. The van der Waals surface area contributed by atoms with E-state index in [9.17, 15) is 0 Å². The van der Waals surface area contributed by atoms with Crippen molar-refractivity contribution in [1.29, 1.82) is 0 Å². The van der Waals surface area contributed by atoms with Gasteiger partial charge in [-0.1, -0.05) is 136 Å². The molecule has 0 radical (unpaired) electrons. The first-order valence-electron chi connectivity index (χ1n) is 17.2. The van der Waals surface area contributed by atoms with Gasteiger partial charge in [0.2, 0.25) is 0 Å². The van der Waals surface area contributed by atoms with Crippen molar-refractivity contribution in [3.8, 4) is 0 Å². The van der Waals surface area contributed by atoms with Crippen LogP contribution in [0.2, 0.25) is 5.04 Å². The number of hydrogen-bond donors (Lipinski definition) is 0. The molecule has 6 aromatic rings. The van der Waals surface area contributed by atoms with Crippen molar-refractivity contribution in [1.82, 2.24) is 4.98 Å². The zero-order chi connectivity index (χ0) is 34.3. The van der Waals surface area contributed by atoms with Crippen LogP contribution in [0.3, 0.4) is 0 Å². The Hall–Kier alpha value is -3.92. The lowest BCUT2D eigenvalue weighted by atomic mass is 10.1. The molecule has 0 aliphatic heterocycles. The van der Waals surface area contributed by atoms with Gasteiger partial charge in [0.25, 0.3) is 8.32 Å². The van der Waals surface area contributed by atoms with E-state index in [0.29, 0.717) is 0 Å². The summed E-state index contributed by atoms with van der Waals surface area (Å²) < 4.78 is 7.98. The largest absolute Gasteiger partial charge is 0.401 e. The molecule has 0 N–H and O–H groups in total. The van der Waals surface area contributed by atoms with Gasteiger partial charge in [0, 0.05) is 11.8 Å². The van der Waals surface area contributed by atoms with Gasteiger partial charge in [-0.05, 0) is 77.3 Å². The normalized spacial score (nSPS) is 13.3. The smallest absolute Gasteiger partial charge is 0.261 e. The van der Waals surface area contributed by atoms with Crippen LogP contribution in [0.5, 0.6) is 0 Å². The summed E-state index contributed by atoms with van der Waals surface area (Å²) in [6.07, 6.45) is 3.96. The van der Waals surface area contributed by atoms with Gasteiger partial charge in [-0.15, -0.1) is 11.3 Å². The molecule has 6 rings (SSSR count). The molecule has 0 amide bonds. The Morgan fingerprint density at radius 2 is 1.10 bits per heavy atom. The monoisotopic (exact) mass is 696 g/mol. The zero-order valence-corrected chi connectivity index (χ0v) is 32.0. The van der Waals surface area contributed by atoms with Gasteiger partial charge in [0.15, 0.2) is 0 Å². The predicted octanol–water partition coefficient (Wildman–Crippen LogP) is 9.18. The molecule has 5 aromatic carbocycles. The third-order valence-corrected chi connectivity index (χ3v) is 19.9. The fourth-order valence-corrected chi connectivity index (χ4v) is 16.9. The van der Waals surface area contributed by atoms with Crippen LogP contribution in [-0.2, 0) is 4.43 Å². The van der Waals surface area contributed by atoms with Gasteiger partial charge in [-0.3, -0.25) is 0 Å². The Balaban J connectivity index is 1.55. The molecule has 49 heavy (non-hydrogen) atoms. The molecule has 0 spiro atoms. The molecule has 248 valence electrons. The number of rotatable bonds is 12. The Labute approximate surface area is 299 Å². The Morgan fingerprint density at radius 3 is 1.47 bits per heavy atom. The van der Waals surface area contributed by atoms with Crippen LogP contribution >= 0.6 is 18.6 Å². The maximum Gasteiger partial charge on any atom is 0.261 e. The van der Waals surface area contributed by atoms with Gasteiger partial charge in [0.05, 0.1) is 23.0 Å². The second-order valence-corrected chi connectivity index (χ2v) is 22.7. The van der Waals surface area contributed by atoms with E-state index in [2.05, 4.69) is 198 Å². The van der Waals surface area contributed by atoms with E-state index in [0.717, 1.165) is 23.3 Å². The molecular formula is C44H47NOPSSi+. The van der Waals surface area contributed by atoms with E-state index in [-0.39, 0.29) is 11.1 Å². The maximum atomic E-state index is 7.98. The molecular weight excluding hydrogens is 650 g/mol. The van der Waals surface area contributed by atoms with E-state index in [1.165, 1.54) is 31.9 Å². The molecule has 1 heterocycles. The summed E-state index contributed by atoms with van der Waals surface area (Å²) in [6.45, 7) is 11.4. The SMILES string of the molecule is C/C(=C\c1csc(C)n1)[C@@H](CC[P+](c1ccccc1)(c1ccccc1)c1ccccc1)O[Si](c1ccccc1)(c1ccccc1)C(C)(C)C. The van der Waals surface area contributed by atoms with Gasteiger partial charge >= 0.3 is 0 Å². The summed E-state index contributed by atoms with van der Waals surface area (Å²) in [5.74, 6) is 0. The van der Waals surface area contributed by atoms with Crippen molar-refractivity contribution in [2.45, 2.75) is 52.2 Å². The molecule has 0 aliphatic carbocycles. The lowest BCUT2D eigenvalue weighted by Crippen LogP contribution is -2.67. The predicted molar refractivity (Wildman–Crippen MR) is 218 cm³/mol. The molecule has 1 atom stereocenters. The molecule has 5 heteroatoms. The van der Waals surface area contributed by atoms with E-state index >= 15 is 0 Å². The average Bonchev–Trinajstić information content (AvgIpc) is 3.55. The number of thiazole rings is 1. The Morgan fingerprint density at radius 1 is 0.694 bits per heavy atom. The molecule has 0 bridgehead atoms. The second-order valence-electron chi connectivity index (χ2n) is 13.8. The van der Waals surface area contributed by atoms with Crippen molar-refractivity contribution in [2.24, 2.45) is 0 Å². The third kappa shape index (κ3) is 7.34. The van der Waals surface area contributed by atoms with Crippen LogP contribution in [0.1, 0.15) is 44.8 Å². The fraction of sp³-hybridized carbons (Fsp3) is 0.205. The lowest BCUT2D eigenvalue weighted by molar-refractivity contribution is 0.219. The first-order valence-corrected chi connectivity index (χ1v) is 21.9. The van der Waals surface area contributed by atoms with Gasteiger partial charge in [-0.2, -0.15) is 0 Å². The van der Waals surface area contributed by atoms with Crippen LogP contribution < -0.4 is 26.3 Å². The minimum atomic E-state index is -2.87. The van der Waals surface area contributed by atoms with E-state index in [1.54, 1.807) is 11.3 Å². The van der Waals surface area contributed by atoms with Crippen molar-refractivity contribution >= 4 is 59.3 Å². The fourth-order valence-electron chi connectivity index (χ4n) is 7.25. The highest BCUT2D eigenvalue weighted by atomic mass is 32.1. The Bertz CT molecular complexity index is 1800. The van der Waals surface area contributed by atoms with Crippen molar-refractivity contribution in [2.75, 3.05) is 6.16 Å². The molecule has 1 aromatic heterocycles. The third-order valence-electron chi connectivity index (χ3n) is 9.57.